The lowest BCUT2D eigenvalue weighted by Gasteiger charge is -2.25. The molecule has 0 unspecified atom stereocenters. The van der Waals surface area contributed by atoms with E-state index in [0.717, 1.165) is 16.9 Å². The number of aliphatic hydroxyl groups is 1. The van der Waals surface area contributed by atoms with E-state index in [0.29, 0.717) is 42.9 Å². The predicted octanol–water partition coefficient (Wildman–Crippen LogP) is 4.86. The number of nitrogens with zero attached hydrogens (tertiary/aromatic N) is 3. The van der Waals surface area contributed by atoms with Crippen molar-refractivity contribution >= 4 is 11.6 Å². The highest BCUT2D eigenvalue weighted by Crippen LogP contribution is 2.34. The Morgan fingerprint density at radius 3 is 2.47 bits per heavy atom. The largest absolute Gasteiger partial charge is 0.437 e. The van der Waals surface area contributed by atoms with Crippen LogP contribution in [0.5, 0.6) is 11.6 Å². The fourth-order valence-electron chi connectivity index (χ4n) is 3.53. The third-order valence-corrected chi connectivity index (χ3v) is 5.58. The molecule has 34 heavy (non-hydrogen) atoms. The Kier molecular flexibility index (Phi) is 9.92. The smallest absolute Gasteiger partial charge is 0.227 e. The first kappa shape index (κ1) is 26.2. The number of aromatic nitrogens is 2. The molecule has 8 heteroatoms. The summed E-state index contributed by atoms with van der Waals surface area (Å²) in [5.74, 6) is 1.14. The van der Waals surface area contributed by atoms with Crippen LogP contribution in [0.25, 0.3) is 5.69 Å². The van der Waals surface area contributed by atoms with Gasteiger partial charge in [0.05, 0.1) is 47.4 Å². The van der Waals surface area contributed by atoms with Gasteiger partial charge in [-0.2, -0.15) is 5.10 Å². The van der Waals surface area contributed by atoms with E-state index in [1.807, 2.05) is 69.3 Å². The summed E-state index contributed by atoms with van der Waals surface area (Å²) in [6, 6.07) is 17.2. The third-order valence-electron chi connectivity index (χ3n) is 5.27. The molecule has 1 aromatic heterocycles. The molecule has 7 nitrogen and oxygen atoms in total. The molecule has 0 radical (unpaired) electrons. The van der Waals surface area contributed by atoms with Crippen molar-refractivity contribution < 1.29 is 19.3 Å². The van der Waals surface area contributed by atoms with Crippen LogP contribution in [0.4, 0.5) is 0 Å². The summed E-state index contributed by atoms with van der Waals surface area (Å²) in [4.78, 5) is 2.12. The van der Waals surface area contributed by atoms with Gasteiger partial charge in [0, 0.05) is 26.7 Å². The molecule has 3 rings (SSSR count). The summed E-state index contributed by atoms with van der Waals surface area (Å²) in [7, 11) is 1.67. The van der Waals surface area contributed by atoms with Gasteiger partial charge in [-0.1, -0.05) is 41.9 Å². The predicted molar refractivity (Wildman–Crippen MR) is 134 cm³/mol. The maximum absolute atomic E-state index is 10.6. The number of hydrogen-bond donors (Lipinski definition) is 1. The minimum absolute atomic E-state index is 0.0593. The van der Waals surface area contributed by atoms with Crippen LogP contribution in [0.2, 0.25) is 5.02 Å². The number of aryl methyl sites for hydroxylation is 1. The zero-order chi connectivity index (χ0) is 24.5. The van der Waals surface area contributed by atoms with Crippen molar-refractivity contribution in [3.05, 3.63) is 70.9 Å². The lowest BCUT2D eigenvalue weighted by atomic mass is 10.2. The minimum atomic E-state index is -0.628. The first-order valence-corrected chi connectivity index (χ1v) is 11.8. The summed E-state index contributed by atoms with van der Waals surface area (Å²) in [5.41, 5.74) is 2.63. The van der Waals surface area contributed by atoms with E-state index in [1.54, 1.807) is 17.9 Å². The Balaban J connectivity index is 1.94. The number of ether oxygens (including phenoxy) is 3. The molecule has 3 aromatic rings. The molecular weight excluding hydrogens is 454 g/mol. The quantitative estimate of drug-likeness (QED) is 0.371. The zero-order valence-corrected chi connectivity index (χ0v) is 21.0. The Bertz CT molecular complexity index is 1030. The van der Waals surface area contributed by atoms with E-state index in [9.17, 15) is 5.11 Å². The van der Waals surface area contributed by atoms with E-state index in [2.05, 4.69) is 4.90 Å². The first-order chi connectivity index (χ1) is 16.4. The topological polar surface area (TPSA) is 69.0 Å². The number of aliphatic hydroxyl groups excluding tert-OH is 1. The van der Waals surface area contributed by atoms with Crippen molar-refractivity contribution in [3.8, 4) is 17.3 Å². The minimum Gasteiger partial charge on any atom is -0.437 e. The molecule has 0 bridgehead atoms. The summed E-state index contributed by atoms with van der Waals surface area (Å²) in [5, 5.41) is 15.9. The van der Waals surface area contributed by atoms with Crippen LogP contribution in [-0.2, 0) is 16.0 Å². The molecule has 0 aliphatic carbocycles. The second-order valence-electron chi connectivity index (χ2n) is 8.41. The molecule has 0 fully saturated rings. The molecular formula is C26H34ClN3O4. The highest BCUT2D eigenvalue weighted by atomic mass is 35.5. The summed E-state index contributed by atoms with van der Waals surface area (Å²) in [6.07, 6.45) is -0.569. The normalized spacial score (nSPS) is 12.5. The molecule has 184 valence electrons. The van der Waals surface area contributed by atoms with E-state index >= 15 is 0 Å². The average Bonchev–Trinajstić information content (AvgIpc) is 3.13. The molecule has 0 aliphatic heterocycles. The van der Waals surface area contributed by atoms with E-state index in [-0.39, 0.29) is 12.7 Å². The van der Waals surface area contributed by atoms with Gasteiger partial charge in [-0.05, 0) is 45.0 Å². The van der Waals surface area contributed by atoms with Crippen molar-refractivity contribution in [3.63, 3.8) is 0 Å². The van der Waals surface area contributed by atoms with Gasteiger partial charge in [0.1, 0.15) is 5.75 Å². The molecule has 0 amide bonds. The second-order valence-corrected chi connectivity index (χ2v) is 8.82. The van der Waals surface area contributed by atoms with Crippen LogP contribution in [0.15, 0.2) is 54.6 Å². The lowest BCUT2D eigenvalue weighted by molar-refractivity contribution is -0.0122. The second kappa shape index (κ2) is 12.9. The van der Waals surface area contributed by atoms with Gasteiger partial charge < -0.3 is 19.3 Å². The number of hydrogen-bond acceptors (Lipinski definition) is 6. The Morgan fingerprint density at radius 2 is 1.79 bits per heavy atom. The third kappa shape index (κ3) is 7.29. The molecule has 0 aliphatic rings. The van der Waals surface area contributed by atoms with E-state index in [4.69, 9.17) is 30.9 Å². The van der Waals surface area contributed by atoms with Crippen LogP contribution >= 0.6 is 11.6 Å². The number of para-hydroxylation sites is 2. The summed E-state index contributed by atoms with van der Waals surface area (Å²) < 4.78 is 19.1. The van der Waals surface area contributed by atoms with Gasteiger partial charge >= 0.3 is 0 Å². The first-order valence-electron chi connectivity index (χ1n) is 11.5. The van der Waals surface area contributed by atoms with Crippen LogP contribution in [0.1, 0.15) is 25.1 Å². The van der Waals surface area contributed by atoms with Crippen LogP contribution in [0.3, 0.4) is 0 Å². The molecule has 1 atom stereocenters. The molecule has 0 saturated carbocycles. The number of rotatable bonds is 13. The molecule has 1 N–H and O–H groups in total. The zero-order valence-electron chi connectivity index (χ0n) is 20.3. The fraction of sp³-hybridized carbons (Fsp3) is 0.423. The van der Waals surface area contributed by atoms with E-state index in [1.165, 1.54) is 0 Å². The maximum atomic E-state index is 10.6. The molecule has 0 saturated heterocycles. The van der Waals surface area contributed by atoms with Crippen molar-refractivity contribution in [2.24, 2.45) is 0 Å². The molecule has 2 aromatic carbocycles. The Morgan fingerprint density at radius 1 is 1.09 bits per heavy atom. The SMILES string of the molecule is COCCN(Cc1c(C)nn(-c2ccccc2)c1Oc1ccccc1Cl)C[C@@H](O)COC(C)C. The van der Waals surface area contributed by atoms with Crippen LogP contribution in [-0.4, -0.2) is 65.4 Å². The van der Waals surface area contributed by atoms with Gasteiger partial charge in [-0.25, -0.2) is 4.68 Å². The number of methoxy groups -OCH3 is 1. The standard InChI is InChI=1S/C26H34ClN3O4/c1-19(2)33-18-22(31)16-29(14-15-32-4)17-23-20(3)28-30(21-10-6-5-7-11-21)26(23)34-25-13-9-8-12-24(25)27/h5-13,19,22,31H,14-18H2,1-4H3/t22-/m1/s1. The average molecular weight is 488 g/mol. The van der Waals surface area contributed by atoms with Gasteiger partial charge in [-0.15, -0.1) is 0 Å². The monoisotopic (exact) mass is 487 g/mol. The van der Waals surface area contributed by atoms with Gasteiger partial charge in [0.15, 0.2) is 0 Å². The Labute approximate surface area is 206 Å². The van der Waals surface area contributed by atoms with Gasteiger partial charge in [-0.3, -0.25) is 4.90 Å². The lowest BCUT2D eigenvalue weighted by Crippen LogP contribution is -2.37. The number of benzene rings is 2. The maximum Gasteiger partial charge on any atom is 0.227 e. The highest BCUT2D eigenvalue weighted by Gasteiger charge is 2.23. The molecule has 1 heterocycles. The van der Waals surface area contributed by atoms with Gasteiger partial charge in [0.25, 0.3) is 0 Å². The van der Waals surface area contributed by atoms with Crippen molar-refractivity contribution in [2.75, 3.05) is 33.4 Å². The summed E-state index contributed by atoms with van der Waals surface area (Å²) >= 11 is 6.41. The Hall–Kier alpha value is -2.42. The molecule has 0 spiro atoms. The van der Waals surface area contributed by atoms with Crippen molar-refractivity contribution in [1.82, 2.24) is 14.7 Å². The summed E-state index contributed by atoms with van der Waals surface area (Å²) in [6.45, 7) is 8.25. The van der Waals surface area contributed by atoms with Crippen molar-refractivity contribution in [1.29, 1.82) is 0 Å². The van der Waals surface area contributed by atoms with Crippen LogP contribution < -0.4 is 4.74 Å². The fourth-order valence-corrected chi connectivity index (χ4v) is 3.71. The highest BCUT2D eigenvalue weighted by molar-refractivity contribution is 6.32. The van der Waals surface area contributed by atoms with Gasteiger partial charge in [0.2, 0.25) is 5.88 Å². The van der Waals surface area contributed by atoms with E-state index < -0.39 is 6.10 Å². The van der Waals surface area contributed by atoms with Crippen LogP contribution in [0, 0.1) is 6.92 Å². The number of halogens is 1. The van der Waals surface area contributed by atoms with Crippen molar-refractivity contribution in [2.45, 2.75) is 39.5 Å².